The fourth-order valence-electron chi connectivity index (χ4n) is 2.01. The lowest BCUT2D eigenvalue weighted by molar-refractivity contribution is -0.120. The number of carbonyl (C=O) groups is 1. The largest absolute Gasteiger partial charge is 0.338 e. The van der Waals surface area contributed by atoms with Crippen LogP contribution in [0.2, 0.25) is 0 Å². The van der Waals surface area contributed by atoms with Crippen LogP contribution in [0.3, 0.4) is 0 Å². The van der Waals surface area contributed by atoms with Gasteiger partial charge in [-0.15, -0.1) is 0 Å². The Balaban J connectivity index is 1.97. The van der Waals surface area contributed by atoms with E-state index in [1.165, 1.54) is 0 Å². The SMILES string of the molecule is Cc1cc(NC(=O)C(C)N(C)Cc2cccc(C#N)c2)on1. The Morgan fingerprint density at radius 1 is 1.50 bits per heavy atom. The number of likely N-dealkylation sites (N-methyl/N-ethyl adjacent to an activating group) is 1. The molecular weight excluding hydrogens is 280 g/mol. The summed E-state index contributed by atoms with van der Waals surface area (Å²) in [6.45, 7) is 4.17. The molecule has 0 saturated heterocycles. The third-order valence-electron chi connectivity index (χ3n) is 3.40. The Bertz CT molecular complexity index is 702. The van der Waals surface area contributed by atoms with Crippen LogP contribution in [0.1, 0.15) is 23.7 Å². The average Bonchev–Trinajstić information content (AvgIpc) is 2.91. The van der Waals surface area contributed by atoms with Crippen LogP contribution in [0.5, 0.6) is 0 Å². The molecule has 6 nitrogen and oxygen atoms in total. The number of hydrogen-bond donors (Lipinski definition) is 1. The van der Waals surface area contributed by atoms with Crippen molar-refractivity contribution in [3.63, 3.8) is 0 Å². The van der Waals surface area contributed by atoms with Crippen LogP contribution in [0.25, 0.3) is 0 Å². The van der Waals surface area contributed by atoms with Crippen molar-refractivity contribution in [3.05, 3.63) is 47.2 Å². The summed E-state index contributed by atoms with van der Waals surface area (Å²) >= 11 is 0. The summed E-state index contributed by atoms with van der Waals surface area (Å²) in [4.78, 5) is 14.1. The van der Waals surface area contributed by atoms with Crippen LogP contribution in [0.15, 0.2) is 34.9 Å². The van der Waals surface area contributed by atoms with Gasteiger partial charge in [0.25, 0.3) is 0 Å². The van der Waals surface area contributed by atoms with Crippen molar-refractivity contribution in [1.29, 1.82) is 5.26 Å². The minimum absolute atomic E-state index is 0.171. The molecule has 0 fully saturated rings. The van der Waals surface area contributed by atoms with Gasteiger partial charge in [-0.3, -0.25) is 15.0 Å². The Morgan fingerprint density at radius 2 is 2.27 bits per heavy atom. The van der Waals surface area contributed by atoms with Gasteiger partial charge >= 0.3 is 0 Å². The number of anilines is 1. The number of nitrogens with zero attached hydrogens (tertiary/aromatic N) is 3. The first kappa shape index (κ1) is 15.7. The van der Waals surface area contributed by atoms with E-state index >= 15 is 0 Å². The van der Waals surface area contributed by atoms with Crippen LogP contribution in [0.4, 0.5) is 5.88 Å². The second kappa shape index (κ2) is 6.87. The molecule has 114 valence electrons. The fraction of sp³-hybridized carbons (Fsp3) is 0.312. The van der Waals surface area contributed by atoms with E-state index in [0.29, 0.717) is 23.7 Å². The first-order valence-electron chi connectivity index (χ1n) is 6.93. The second-order valence-electron chi connectivity index (χ2n) is 5.23. The number of aryl methyl sites for hydroxylation is 1. The molecule has 0 spiro atoms. The molecule has 1 aromatic carbocycles. The van der Waals surface area contributed by atoms with Gasteiger partial charge in [-0.2, -0.15) is 5.26 Å². The Kier molecular flexibility index (Phi) is 4.92. The number of hydrogen-bond acceptors (Lipinski definition) is 5. The van der Waals surface area contributed by atoms with Crippen molar-refractivity contribution in [1.82, 2.24) is 10.1 Å². The van der Waals surface area contributed by atoms with Crippen molar-refractivity contribution >= 4 is 11.8 Å². The van der Waals surface area contributed by atoms with Gasteiger partial charge in [0, 0.05) is 12.6 Å². The van der Waals surface area contributed by atoms with Gasteiger partial charge in [-0.25, -0.2) is 0 Å². The summed E-state index contributed by atoms with van der Waals surface area (Å²) in [5.74, 6) is 0.171. The van der Waals surface area contributed by atoms with E-state index in [1.807, 2.05) is 37.1 Å². The highest BCUT2D eigenvalue weighted by molar-refractivity contribution is 5.93. The third kappa shape index (κ3) is 3.93. The molecule has 1 aromatic heterocycles. The summed E-state index contributed by atoms with van der Waals surface area (Å²) in [5.41, 5.74) is 2.31. The van der Waals surface area contributed by atoms with E-state index in [1.54, 1.807) is 19.1 Å². The van der Waals surface area contributed by atoms with E-state index in [0.717, 1.165) is 5.56 Å². The van der Waals surface area contributed by atoms with Crippen molar-refractivity contribution in [2.75, 3.05) is 12.4 Å². The zero-order valence-electron chi connectivity index (χ0n) is 12.8. The van der Waals surface area contributed by atoms with Crippen LogP contribution in [-0.2, 0) is 11.3 Å². The molecule has 0 radical (unpaired) electrons. The normalized spacial score (nSPS) is 12.0. The first-order chi connectivity index (χ1) is 10.5. The zero-order chi connectivity index (χ0) is 16.1. The molecule has 0 saturated carbocycles. The topological polar surface area (TPSA) is 82.2 Å². The van der Waals surface area contributed by atoms with E-state index in [9.17, 15) is 4.79 Å². The number of benzene rings is 1. The number of aromatic nitrogens is 1. The Labute approximate surface area is 129 Å². The van der Waals surface area contributed by atoms with Crippen LogP contribution in [0, 0.1) is 18.3 Å². The summed E-state index contributed by atoms with van der Waals surface area (Å²) in [6, 6.07) is 10.8. The molecule has 1 unspecified atom stereocenters. The van der Waals surface area contributed by atoms with E-state index in [4.69, 9.17) is 9.78 Å². The molecule has 0 aliphatic rings. The van der Waals surface area contributed by atoms with Gasteiger partial charge in [-0.1, -0.05) is 17.3 Å². The minimum Gasteiger partial charge on any atom is -0.338 e. The summed E-state index contributed by atoms with van der Waals surface area (Å²) in [5, 5.41) is 15.3. The van der Waals surface area contributed by atoms with Crippen LogP contribution >= 0.6 is 0 Å². The molecule has 0 aliphatic heterocycles. The lowest BCUT2D eigenvalue weighted by atomic mass is 10.1. The molecule has 1 amide bonds. The quantitative estimate of drug-likeness (QED) is 0.916. The lowest BCUT2D eigenvalue weighted by Gasteiger charge is -2.23. The van der Waals surface area contributed by atoms with Crippen LogP contribution < -0.4 is 5.32 Å². The monoisotopic (exact) mass is 298 g/mol. The average molecular weight is 298 g/mol. The summed E-state index contributed by atoms with van der Waals surface area (Å²) in [7, 11) is 1.86. The predicted molar refractivity (Wildman–Crippen MR) is 82.0 cm³/mol. The van der Waals surface area contributed by atoms with Gasteiger partial charge < -0.3 is 4.52 Å². The number of amides is 1. The highest BCUT2D eigenvalue weighted by Crippen LogP contribution is 2.12. The Hall–Kier alpha value is -2.65. The van der Waals surface area contributed by atoms with E-state index < -0.39 is 0 Å². The number of carbonyl (C=O) groups excluding carboxylic acids is 1. The number of nitriles is 1. The molecule has 6 heteroatoms. The van der Waals surface area contributed by atoms with Gasteiger partial charge in [0.1, 0.15) is 0 Å². The molecule has 0 bridgehead atoms. The maximum Gasteiger partial charge on any atom is 0.243 e. The lowest BCUT2D eigenvalue weighted by Crippen LogP contribution is -2.39. The Morgan fingerprint density at radius 3 is 2.91 bits per heavy atom. The molecule has 1 atom stereocenters. The molecule has 2 aromatic rings. The summed E-state index contributed by atoms with van der Waals surface area (Å²) in [6.07, 6.45) is 0. The fourth-order valence-corrected chi connectivity index (χ4v) is 2.01. The van der Waals surface area contributed by atoms with Crippen LogP contribution in [-0.4, -0.2) is 29.1 Å². The zero-order valence-corrected chi connectivity index (χ0v) is 12.8. The maximum absolute atomic E-state index is 12.2. The molecule has 0 aliphatic carbocycles. The molecule has 1 N–H and O–H groups in total. The van der Waals surface area contributed by atoms with Gasteiger partial charge in [-0.05, 0) is 38.6 Å². The van der Waals surface area contributed by atoms with Crippen molar-refractivity contribution in [3.8, 4) is 6.07 Å². The molecule has 22 heavy (non-hydrogen) atoms. The molecule has 1 heterocycles. The van der Waals surface area contributed by atoms with Gasteiger partial charge in [0.15, 0.2) is 0 Å². The van der Waals surface area contributed by atoms with Crippen molar-refractivity contribution in [2.24, 2.45) is 0 Å². The second-order valence-corrected chi connectivity index (χ2v) is 5.23. The highest BCUT2D eigenvalue weighted by Gasteiger charge is 2.19. The predicted octanol–water partition coefficient (Wildman–Crippen LogP) is 2.31. The molecular formula is C16H18N4O2. The van der Waals surface area contributed by atoms with Gasteiger partial charge in [0.05, 0.1) is 23.4 Å². The number of rotatable bonds is 5. The van der Waals surface area contributed by atoms with E-state index in [2.05, 4.69) is 16.5 Å². The van der Waals surface area contributed by atoms with Crippen molar-refractivity contribution < 1.29 is 9.32 Å². The number of nitrogens with one attached hydrogen (secondary N) is 1. The van der Waals surface area contributed by atoms with Crippen molar-refractivity contribution in [2.45, 2.75) is 26.4 Å². The van der Waals surface area contributed by atoms with Gasteiger partial charge in [0.2, 0.25) is 11.8 Å². The summed E-state index contributed by atoms with van der Waals surface area (Å²) < 4.78 is 4.98. The third-order valence-corrected chi connectivity index (χ3v) is 3.40. The maximum atomic E-state index is 12.2. The minimum atomic E-state index is -0.351. The smallest absolute Gasteiger partial charge is 0.243 e. The van der Waals surface area contributed by atoms with E-state index in [-0.39, 0.29) is 11.9 Å². The highest BCUT2D eigenvalue weighted by atomic mass is 16.5. The molecule has 2 rings (SSSR count). The first-order valence-corrected chi connectivity index (χ1v) is 6.93. The standard InChI is InChI=1S/C16H18N4O2/c1-11-7-15(22-19-11)18-16(21)12(2)20(3)10-14-6-4-5-13(8-14)9-17/h4-8,12H,10H2,1-3H3,(H,18,21).